The number of rotatable bonds is 3. The minimum absolute atomic E-state index is 0.502. The lowest BCUT2D eigenvalue weighted by molar-refractivity contribution is 0.286. The lowest BCUT2D eigenvalue weighted by Gasteiger charge is -2.57. The third-order valence-corrected chi connectivity index (χ3v) is 5.60. The molecule has 0 amide bonds. The fourth-order valence-corrected chi connectivity index (χ4v) is 4.10. The molecule has 0 aromatic carbocycles. The second kappa shape index (κ2) is 5.88. The van der Waals surface area contributed by atoms with Gasteiger partial charge >= 0.3 is 0 Å². The van der Waals surface area contributed by atoms with Crippen LogP contribution in [0.5, 0.6) is 0 Å². The summed E-state index contributed by atoms with van der Waals surface area (Å²) in [7, 11) is 0. The van der Waals surface area contributed by atoms with E-state index in [0.29, 0.717) is 12.1 Å². The quantitative estimate of drug-likeness (QED) is 0.627. The van der Waals surface area contributed by atoms with Gasteiger partial charge in [0.1, 0.15) is 17.5 Å². The number of hydrogen-bond donors (Lipinski definition) is 0. The molecule has 2 aromatic heterocycles. The fourth-order valence-electron chi connectivity index (χ4n) is 3.69. The van der Waals surface area contributed by atoms with Crippen LogP contribution < -0.4 is 9.80 Å². The molecule has 2 atom stereocenters. The highest BCUT2D eigenvalue weighted by Gasteiger charge is 2.46. The van der Waals surface area contributed by atoms with Gasteiger partial charge in [0.15, 0.2) is 5.16 Å². The molecule has 3 aliphatic heterocycles. The second-order valence-corrected chi connectivity index (χ2v) is 7.34. The molecule has 5 rings (SSSR count). The van der Waals surface area contributed by atoms with Gasteiger partial charge in [-0.05, 0) is 39.5 Å². The van der Waals surface area contributed by atoms with Gasteiger partial charge in [-0.2, -0.15) is 0 Å². The van der Waals surface area contributed by atoms with Crippen LogP contribution in [0.2, 0.25) is 0 Å². The minimum atomic E-state index is 0.502. The number of piperazine rings is 1. The van der Waals surface area contributed by atoms with E-state index in [4.69, 9.17) is 4.98 Å². The number of thioether (sulfide) groups is 1. The van der Waals surface area contributed by atoms with E-state index in [1.54, 1.807) is 11.8 Å². The standard InChI is InChI=1S/C17H22N6S/c1-10-11(2)19-17(24-4)21-16(10)23-13-7-14(23)9-22(8-13)15-5-6-18-12(3)20-15/h5-6,13-14H,7-9H2,1-4H3. The number of aromatic nitrogens is 4. The monoisotopic (exact) mass is 342 g/mol. The van der Waals surface area contributed by atoms with E-state index in [9.17, 15) is 0 Å². The zero-order valence-electron chi connectivity index (χ0n) is 14.5. The summed E-state index contributed by atoms with van der Waals surface area (Å²) >= 11 is 1.61. The van der Waals surface area contributed by atoms with Gasteiger partial charge in [0.05, 0.1) is 12.1 Å². The molecule has 6 nitrogen and oxygen atoms in total. The molecular formula is C17H22N6S. The molecule has 7 heteroatoms. The van der Waals surface area contributed by atoms with Crippen LogP contribution in [0.25, 0.3) is 0 Å². The van der Waals surface area contributed by atoms with Crippen molar-refractivity contribution in [3.63, 3.8) is 0 Å². The minimum Gasteiger partial charge on any atom is -0.352 e. The topological polar surface area (TPSA) is 58.0 Å². The number of fused-ring (bicyclic) bond motifs is 2. The lowest BCUT2D eigenvalue weighted by Crippen LogP contribution is -2.69. The molecule has 3 fully saturated rings. The first-order chi connectivity index (χ1) is 11.6. The smallest absolute Gasteiger partial charge is 0.189 e. The first-order valence-corrected chi connectivity index (χ1v) is 9.51. The summed E-state index contributed by atoms with van der Waals surface area (Å²) in [6.45, 7) is 8.13. The second-order valence-electron chi connectivity index (χ2n) is 6.56. The van der Waals surface area contributed by atoms with E-state index in [0.717, 1.165) is 41.4 Å². The molecule has 24 heavy (non-hydrogen) atoms. The third kappa shape index (κ3) is 2.51. The van der Waals surface area contributed by atoms with Gasteiger partial charge < -0.3 is 9.80 Å². The van der Waals surface area contributed by atoms with Crippen molar-refractivity contribution in [2.24, 2.45) is 0 Å². The van der Waals surface area contributed by atoms with E-state index < -0.39 is 0 Å². The van der Waals surface area contributed by atoms with Crippen LogP contribution in [-0.4, -0.2) is 51.4 Å². The summed E-state index contributed by atoms with van der Waals surface area (Å²) in [4.78, 5) is 23.0. The summed E-state index contributed by atoms with van der Waals surface area (Å²) in [6, 6.07) is 3.01. The molecule has 3 saturated heterocycles. The maximum absolute atomic E-state index is 4.80. The summed E-state index contributed by atoms with van der Waals surface area (Å²) in [5, 5.41) is 0.862. The molecule has 0 aliphatic carbocycles. The molecule has 2 bridgehead atoms. The highest BCUT2D eigenvalue weighted by molar-refractivity contribution is 7.98. The highest BCUT2D eigenvalue weighted by atomic mass is 32.2. The molecule has 3 aliphatic rings. The predicted octanol–water partition coefficient (Wildman–Crippen LogP) is 2.38. The van der Waals surface area contributed by atoms with Crippen molar-refractivity contribution < 1.29 is 0 Å². The largest absolute Gasteiger partial charge is 0.352 e. The average molecular weight is 342 g/mol. The number of hydrogen-bond acceptors (Lipinski definition) is 7. The van der Waals surface area contributed by atoms with Crippen LogP contribution in [0.1, 0.15) is 23.5 Å². The Hall–Kier alpha value is -1.89. The fraction of sp³-hybridized carbons (Fsp3) is 0.529. The van der Waals surface area contributed by atoms with Crippen molar-refractivity contribution in [2.75, 3.05) is 29.1 Å². The molecule has 0 spiro atoms. The zero-order valence-corrected chi connectivity index (χ0v) is 15.3. The number of piperidine rings is 1. The van der Waals surface area contributed by atoms with Crippen LogP contribution in [0.15, 0.2) is 17.4 Å². The lowest BCUT2D eigenvalue weighted by atomic mass is 9.87. The number of anilines is 2. The molecule has 0 N–H and O–H groups in total. The zero-order chi connectivity index (χ0) is 16.8. The summed E-state index contributed by atoms with van der Waals surface area (Å²) in [5.41, 5.74) is 2.28. The molecule has 2 unspecified atom stereocenters. The third-order valence-electron chi connectivity index (χ3n) is 5.05. The molecule has 0 radical (unpaired) electrons. The molecule has 5 heterocycles. The Bertz CT molecular complexity index is 768. The Morgan fingerprint density at radius 2 is 1.83 bits per heavy atom. The van der Waals surface area contributed by atoms with Gasteiger partial charge in [0.2, 0.25) is 0 Å². The van der Waals surface area contributed by atoms with Crippen LogP contribution in [-0.2, 0) is 0 Å². The van der Waals surface area contributed by atoms with Crippen LogP contribution in [0, 0.1) is 20.8 Å². The maximum Gasteiger partial charge on any atom is 0.189 e. The normalized spacial score (nSPS) is 22.5. The van der Waals surface area contributed by atoms with Gasteiger partial charge in [-0.3, -0.25) is 0 Å². The highest BCUT2D eigenvalue weighted by Crippen LogP contribution is 2.39. The Kier molecular flexibility index (Phi) is 3.83. The Balaban J connectivity index is 1.59. The van der Waals surface area contributed by atoms with Crippen LogP contribution in [0.4, 0.5) is 11.6 Å². The molecule has 2 aromatic rings. The van der Waals surface area contributed by atoms with E-state index in [-0.39, 0.29) is 0 Å². The maximum atomic E-state index is 4.80. The van der Waals surface area contributed by atoms with E-state index in [1.165, 1.54) is 12.0 Å². The van der Waals surface area contributed by atoms with E-state index in [2.05, 4.69) is 38.6 Å². The Morgan fingerprint density at radius 3 is 2.50 bits per heavy atom. The molecule has 0 saturated carbocycles. The summed E-state index contributed by atoms with van der Waals surface area (Å²) in [6.07, 6.45) is 5.11. The van der Waals surface area contributed by atoms with Gasteiger partial charge in [-0.1, -0.05) is 11.8 Å². The average Bonchev–Trinajstić information content (AvgIpc) is 2.58. The molecule has 126 valence electrons. The van der Waals surface area contributed by atoms with Crippen molar-refractivity contribution in [3.8, 4) is 0 Å². The van der Waals surface area contributed by atoms with Crippen molar-refractivity contribution >= 4 is 23.4 Å². The van der Waals surface area contributed by atoms with Crippen molar-refractivity contribution in [2.45, 2.75) is 44.4 Å². The summed E-state index contributed by atoms with van der Waals surface area (Å²) < 4.78 is 0. The van der Waals surface area contributed by atoms with E-state index in [1.807, 2.05) is 25.4 Å². The van der Waals surface area contributed by atoms with Gasteiger partial charge in [0.25, 0.3) is 0 Å². The Labute approximate surface area is 146 Å². The van der Waals surface area contributed by atoms with Crippen molar-refractivity contribution in [3.05, 3.63) is 29.3 Å². The van der Waals surface area contributed by atoms with Gasteiger partial charge in [-0.25, -0.2) is 19.9 Å². The first-order valence-electron chi connectivity index (χ1n) is 8.29. The summed E-state index contributed by atoms with van der Waals surface area (Å²) in [5.74, 6) is 2.99. The van der Waals surface area contributed by atoms with Crippen molar-refractivity contribution in [1.29, 1.82) is 0 Å². The van der Waals surface area contributed by atoms with Crippen LogP contribution in [0.3, 0.4) is 0 Å². The van der Waals surface area contributed by atoms with Crippen molar-refractivity contribution in [1.82, 2.24) is 19.9 Å². The SMILES string of the molecule is CSc1nc(C)c(C)c(N2C3CC2CN(c2ccnc(C)n2)C3)n1. The first kappa shape index (κ1) is 15.6. The Morgan fingerprint density at radius 1 is 1.08 bits per heavy atom. The number of aryl methyl sites for hydroxylation is 2. The number of nitrogens with zero attached hydrogens (tertiary/aromatic N) is 6. The van der Waals surface area contributed by atoms with Crippen LogP contribution >= 0.6 is 11.8 Å². The van der Waals surface area contributed by atoms with Gasteiger partial charge in [-0.15, -0.1) is 0 Å². The van der Waals surface area contributed by atoms with E-state index >= 15 is 0 Å². The molecular weight excluding hydrogens is 320 g/mol. The van der Waals surface area contributed by atoms with Gasteiger partial charge in [0, 0.05) is 30.5 Å². The predicted molar refractivity (Wildman–Crippen MR) is 96.9 cm³/mol.